The van der Waals surface area contributed by atoms with Gasteiger partial charge in [0, 0.05) is 0 Å². The molecule has 0 heteroatoms. The highest BCUT2D eigenvalue weighted by Crippen LogP contribution is 2.68. The lowest BCUT2D eigenvalue weighted by atomic mass is 9.70. The van der Waals surface area contributed by atoms with Crippen molar-refractivity contribution in [3.63, 3.8) is 0 Å². The van der Waals surface area contributed by atoms with Crippen LogP contribution in [0.25, 0.3) is 356 Å². The van der Waals surface area contributed by atoms with Crippen LogP contribution >= 0.6 is 0 Å². The van der Waals surface area contributed by atoms with Gasteiger partial charge >= 0.3 is 0 Å². The summed E-state index contributed by atoms with van der Waals surface area (Å²) in [6, 6.07) is 98.4. The Labute approximate surface area is 619 Å². The zero-order valence-electron chi connectivity index (χ0n) is 59.1. The fraction of sp³-hybridized carbons (Fsp3) is 0.0182. The molecule has 0 amide bonds. The van der Waals surface area contributed by atoms with Crippen molar-refractivity contribution in [1.29, 1.82) is 0 Å². The Kier molecular flexibility index (Phi) is 7.50. The first-order valence-corrected chi connectivity index (χ1v) is 39.5. The van der Waals surface area contributed by atoms with Crippen molar-refractivity contribution in [1.82, 2.24) is 0 Å². The molecule has 0 unspecified atom stereocenters. The Morgan fingerprint density at radius 3 is 0.500 bits per heavy atom. The summed E-state index contributed by atoms with van der Waals surface area (Å²) in [5, 5.41) is 88.9. The first kappa shape index (κ1) is 52.0. The van der Waals surface area contributed by atoms with Gasteiger partial charge in [0.15, 0.2) is 0 Å². The Hall–Kier alpha value is -14.0. The Morgan fingerprint density at radius 2 is 0.245 bits per heavy atom. The second kappa shape index (κ2) is 15.9. The summed E-state index contributed by atoms with van der Waals surface area (Å²) < 4.78 is 0. The maximum atomic E-state index is 2.78. The number of rotatable bonds is 1. The highest BCUT2D eigenvalue weighted by atomic mass is 14.4. The van der Waals surface area contributed by atoms with Gasteiger partial charge in [-0.15, -0.1) is 0 Å². The van der Waals surface area contributed by atoms with Gasteiger partial charge in [0.05, 0.1) is 0 Å². The van der Waals surface area contributed by atoms with Crippen molar-refractivity contribution >= 4 is 345 Å². The quantitative estimate of drug-likeness (QED) is 0.114. The van der Waals surface area contributed by atoms with E-state index in [1.54, 1.807) is 0 Å². The molecule has 34 rings (SSSR count). The molecule has 0 heterocycles. The summed E-state index contributed by atoms with van der Waals surface area (Å²) in [7, 11) is 0. The molecule has 0 aliphatic rings. The molecule has 110 heavy (non-hydrogen) atoms. The van der Waals surface area contributed by atoms with Crippen LogP contribution in [-0.4, -0.2) is 0 Å². The smallest absolute Gasteiger partial charge is 0.0000238 e. The van der Waals surface area contributed by atoms with E-state index in [0.29, 0.717) is 0 Å². The van der Waals surface area contributed by atoms with Crippen LogP contribution in [0.4, 0.5) is 0 Å². The minimum Gasteiger partial charge on any atom is -0.0616 e. The largest absolute Gasteiger partial charge is 0.0616 e. The molecule has 0 fully saturated rings. The monoisotopic (exact) mass is 1370 g/mol. The molecule has 0 nitrogen and oxygen atoms in total. The minimum atomic E-state index is 1.31. The van der Waals surface area contributed by atoms with Crippen molar-refractivity contribution < 1.29 is 0 Å². The molecule has 34 aromatic rings. The average Bonchev–Trinajstić information content (AvgIpc) is 0.636. The molecule has 0 spiro atoms. The van der Waals surface area contributed by atoms with Gasteiger partial charge in [-0.3, -0.25) is 0 Å². The molecule has 34 aromatic carbocycles. The zero-order chi connectivity index (χ0) is 69.5. The highest BCUT2D eigenvalue weighted by Gasteiger charge is 2.39. The predicted molar refractivity (Wildman–Crippen MR) is 481 cm³/mol. The van der Waals surface area contributed by atoms with Crippen LogP contribution in [0.15, 0.2) is 243 Å². The second-order valence-electron chi connectivity index (χ2n) is 34.2. The summed E-state index contributed by atoms with van der Waals surface area (Å²) in [6.45, 7) is 4.78. The topological polar surface area (TPSA) is 0 Å². The molecule has 0 aromatic heterocycles. The molecule has 0 atom stereocenters. The molecular formula is C110H46. The minimum absolute atomic E-state index is 1.31. The van der Waals surface area contributed by atoms with Crippen molar-refractivity contribution in [2.45, 2.75) is 13.8 Å². The maximum absolute atomic E-state index is 2.78. The maximum Gasteiger partial charge on any atom is -0.0000238 e. The highest BCUT2D eigenvalue weighted by molar-refractivity contribution is 6.68. The lowest BCUT2D eigenvalue weighted by molar-refractivity contribution is 1.58. The molecule has 0 bridgehead atoms. The van der Waals surface area contributed by atoms with E-state index in [0.717, 1.165) is 0 Å². The van der Waals surface area contributed by atoms with Crippen LogP contribution in [0.1, 0.15) is 11.1 Å². The Balaban J connectivity index is 0.842. The van der Waals surface area contributed by atoms with Crippen molar-refractivity contribution in [3.8, 4) is 11.1 Å². The van der Waals surface area contributed by atoms with E-state index >= 15 is 0 Å². The van der Waals surface area contributed by atoms with E-state index in [1.807, 2.05) is 0 Å². The molecule has 0 aliphatic heterocycles. The number of aryl methyl sites for hydroxylation is 2. The summed E-state index contributed by atoms with van der Waals surface area (Å²) in [4.78, 5) is 0. The van der Waals surface area contributed by atoms with E-state index in [9.17, 15) is 0 Å². The normalized spacial score (nSPS) is 14.1. The third-order valence-corrected chi connectivity index (χ3v) is 30.3. The first-order valence-electron chi connectivity index (χ1n) is 39.5. The molecule has 0 radical (unpaired) electrons. The molecular weight excluding hydrogens is 1320 g/mol. The Bertz CT molecular complexity index is 9830. The van der Waals surface area contributed by atoms with Gasteiger partial charge in [0.25, 0.3) is 0 Å². The Morgan fingerprint density at radius 1 is 0.100 bits per heavy atom. The van der Waals surface area contributed by atoms with Crippen LogP contribution in [0, 0.1) is 13.8 Å². The number of hydrogen-bond donors (Lipinski definition) is 0. The molecule has 0 saturated heterocycles. The summed E-state index contributed by atoms with van der Waals surface area (Å²) in [5.41, 5.74) is 5.31. The average molecular weight is 1370 g/mol. The van der Waals surface area contributed by atoms with Gasteiger partial charge in [0.1, 0.15) is 0 Å². The SMILES string of the molecule is Cc1cc2c3cccc4c5cccc6c7cc(-c8cc9c%10cccc%11c%12cccc%13c%14cc(C)c%15c%16ccccc%16c%16ccc%17c%18ccc%19c%20ccccc%20c8c8c%19c%18c%18c(c98)c(c%11%10)c(c%12%13)c8c%14c%15c%16c%17c8%18)c8c9ccccc9c9ccc%10c%11ccc%12c%13ccccc%13c1c1c%12c%11c%11c(c21)c(c43)c(c56)c1c7c8c9c%10c1%11. The summed E-state index contributed by atoms with van der Waals surface area (Å²) >= 11 is 0. The van der Waals surface area contributed by atoms with Crippen LogP contribution in [0.5, 0.6) is 0 Å². The van der Waals surface area contributed by atoms with E-state index in [-0.39, 0.29) is 0 Å². The molecule has 0 aliphatic carbocycles. The van der Waals surface area contributed by atoms with Crippen molar-refractivity contribution in [2.24, 2.45) is 0 Å². The van der Waals surface area contributed by atoms with E-state index in [2.05, 4.69) is 257 Å². The van der Waals surface area contributed by atoms with Gasteiger partial charge in [0.2, 0.25) is 0 Å². The standard InChI is InChI=1S/C110H46/c1-43-39-69-57-27-11-23-53-55-25-13-29-59-71-41-73(81-51-21-9-5-17-47(51)63-33-37-67-65-35-31-61-45-15-3-7-19-49(45)75(43)95-83(61)87(65)103-105-89(67)85(63)97(81)93(71)109(105)101(79(55)59)99(77(53)57)107(103)91(69)95)74-42-72-60-30-14-26-56-54-24-12-28-58-70-40-44(2)76-50-20-8-4-16-46(50)62-32-36-66-68-38-34-64-48-18-6-10-22-52(48)82(74)98-86(64)90(68)106-104-88(66)84(62)96(76)92(70)108(104)100(78(54)58)102(80(56)60)110(106)94(72)98/h3-42H,1-2H3. The van der Waals surface area contributed by atoms with E-state index < -0.39 is 0 Å². The lowest BCUT2D eigenvalue weighted by Crippen LogP contribution is -2.03. The molecule has 486 valence electrons. The van der Waals surface area contributed by atoms with Gasteiger partial charge in [-0.1, -0.05) is 231 Å². The molecule has 0 N–H and O–H groups in total. The summed E-state index contributed by atoms with van der Waals surface area (Å²) in [5.74, 6) is 0. The van der Waals surface area contributed by atoms with E-state index in [4.69, 9.17) is 0 Å². The fourth-order valence-electron chi connectivity index (χ4n) is 27.2. The third kappa shape index (κ3) is 4.74. The van der Waals surface area contributed by atoms with Crippen molar-refractivity contribution in [3.05, 3.63) is 254 Å². The van der Waals surface area contributed by atoms with Gasteiger partial charge in [-0.05, 0) is 393 Å². The van der Waals surface area contributed by atoms with Crippen LogP contribution in [-0.2, 0) is 0 Å². The summed E-state index contributed by atoms with van der Waals surface area (Å²) in [6.07, 6.45) is 0. The van der Waals surface area contributed by atoms with E-state index in [1.165, 1.54) is 367 Å². The van der Waals surface area contributed by atoms with Gasteiger partial charge < -0.3 is 0 Å². The fourth-order valence-corrected chi connectivity index (χ4v) is 27.2. The molecule has 0 saturated carbocycles. The second-order valence-corrected chi connectivity index (χ2v) is 34.2. The predicted octanol–water partition coefficient (Wildman–Crippen LogP) is 31.9. The van der Waals surface area contributed by atoms with Gasteiger partial charge in [-0.2, -0.15) is 0 Å². The van der Waals surface area contributed by atoms with Gasteiger partial charge in [-0.25, -0.2) is 0 Å². The number of hydrogen-bond acceptors (Lipinski definition) is 0. The number of fused-ring (bicyclic) bond motifs is 20. The van der Waals surface area contributed by atoms with Crippen LogP contribution in [0.2, 0.25) is 0 Å². The third-order valence-electron chi connectivity index (χ3n) is 30.3. The lowest BCUT2D eigenvalue weighted by Gasteiger charge is -2.32. The number of benzene rings is 34. The van der Waals surface area contributed by atoms with Crippen molar-refractivity contribution in [2.75, 3.05) is 0 Å². The van der Waals surface area contributed by atoms with Crippen LogP contribution < -0.4 is 0 Å². The van der Waals surface area contributed by atoms with Crippen LogP contribution in [0.3, 0.4) is 0 Å². The zero-order valence-corrected chi connectivity index (χ0v) is 59.1. The first-order chi connectivity index (χ1) is 54.6.